The number of anilines is 1. The number of rotatable bonds is 4. The fourth-order valence-corrected chi connectivity index (χ4v) is 2.85. The molecule has 102 valence electrons. The predicted molar refractivity (Wildman–Crippen MR) is 92.3 cm³/mol. The summed E-state index contributed by atoms with van der Waals surface area (Å²) in [5.41, 5.74) is 2.41. The van der Waals surface area contributed by atoms with Crippen LogP contribution in [0, 0.1) is 0 Å². The molecule has 0 atom stereocenters. The van der Waals surface area contributed by atoms with Crippen LogP contribution in [0.2, 0.25) is 0 Å². The molecule has 0 saturated carbocycles. The van der Waals surface area contributed by atoms with Crippen LogP contribution in [-0.2, 0) is 6.54 Å². The third-order valence-corrected chi connectivity index (χ3v) is 4.28. The first-order valence-electron chi connectivity index (χ1n) is 6.46. The fraction of sp³-hybridized carbons (Fsp3) is 0.125. The van der Waals surface area contributed by atoms with Crippen LogP contribution in [-0.4, -0.2) is 11.1 Å². The van der Waals surface area contributed by atoms with Gasteiger partial charge in [0.15, 0.2) is 0 Å². The maximum atomic E-state index is 3.53. The minimum Gasteiger partial charge on any atom is -0.383 e. The van der Waals surface area contributed by atoms with E-state index in [1.807, 2.05) is 12.1 Å². The van der Waals surface area contributed by atoms with Gasteiger partial charge in [-0.15, -0.1) is 0 Å². The van der Waals surface area contributed by atoms with Gasteiger partial charge in [-0.1, -0.05) is 37.9 Å². The van der Waals surface area contributed by atoms with E-state index in [9.17, 15) is 0 Å². The molecule has 3 rings (SSSR count). The van der Waals surface area contributed by atoms with Gasteiger partial charge in [-0.2, -0.15) is 0 Å². The average molecular weight is 394 g/mol. The molecule has 0 aliphatic rings. The van der Waals surface area contributed by atoms with Crippen LogP contribution in [0.4, 0.5) is 5.69 Å². The molecule has 0 amide bonds. The zero-order valence-electron chi connectivity index (χ0n) is 10.8. The number of fused-ring (bicyclic) bond motifs is 1. The van der Waals surface area contributed by atoms with Gasteiger partial charge in [0.05, 0.1) is 0 Å². The number of nitrogens with one attached hydrogen (secondary N) is 1. The standard InChI is InChI=1S/C16H14Br2N2/c17-13-3-5-15(6-4-13)19-8-10-20-9-7-12-1-2-14(18)11-16(12)20/h1-7,9,11,19H,8,10H2. The molecule has 0 spiro atoms. The minimum atomic E-state index is 0.901. The Morgan fingerprint density at radius 1 is 0.900 bits per heavy atom. The summed E-state index contributed by atoms with van der Waals surface area (Å²) in [7, 11) is 0. The van der Waals surface area contributed by atoms with Crippen LogP contribution in [0.25, 0.3) is 10.9 Å². The largest absolute Gasteiger partial charge is 0.383 e. The van der Waals surface area contributed by atoms with Crippen molar-refractivity contribution in [3.63, 3.8) is 0 Å². The first kappa shape index (κ1) is 13.7. The lowest BCUT2D eigenvalue weighted by atomic mass is 10.2. The Hall–Kier alpha value is -1.26. The highest BCUT2D eigenvalue weighted by molar-refractivity contribution is 9.10. The summed E-state index contributed by atoms with van der Waals surface area (Å²) in [5, 5.41) is 4.71. The van der Waals surface area contributed by atoms with Crippen molar-refractivity contribution >= 4 is 48.5 Å². The van der Waals surface area contributed by atoms with Gasteiger partial charge in [0.25, 0.3) is 0 Å². The summed E-state index contributed by atoms with van der Waals surface area (Å²) < 4.78 is 4.49. The fourth-order valence-electron chi connectivity index (χ4n) is 2.24. The molecule has 1 N–H and O–H groups in total. The van der Waals surface area contributed by atoms with Gasteiger partial charge in [0, 0.05) is 39.4 Å². The summed E-state index contributed by atoms with van der Waals surface area (Å²) in [5.74, 6) is 0. The highest BCUT2D eigenvalue weighted by Crippen LogP contribution is 2.21. The SMILES string of the molecule is Brc1ccc(NCCn2ccc3ccc(Br)cc32)cc1. The van der Waals surface area contributed by atoms with E-state index in [0.717, 1.165) is 27.7 Å². The van der Waals surface area contributed by atoms with E-state index in [0.29, 0.717) is 0 Å². The highest BCUT2D eigenvalue weighted by Gasteiger charge is 2.01. The smallest absolute Gasteiger partial charge is 0.0492 e. The maximum absolute atomic E-state index is 3.53. The van der Waals surface area contributed by atoms with E-state index in [4.69, 9.17) is 0 Å². The molecule has 2 nitrogen and oxygen atoms in total. The first-order valence-corrected chi connectivity index (χ1v) is 8.05. The van der Waals surface area contributed by atoms with Crippen LogP contribution < -0.4 is 5.32 Å². The average Bonchev–Trinajstić information content (AvgIpc) is 2.84. The third-order valence-electron chi connectivity index (χ3n) is 3.26. The summed E-state index contributed by atoms with van der Waals surface area (Å²) in [6, 6.07) is 16.8. The summed E-state index contributed by atoms with van der Waals surface area (Å²) in [6.07, 6.45) is 2.14. The van der Waals surface area contributed by atoms with Crippen molar-refractivity contribution in [2.75, 3.05) is 11.9 Å². The predicted octanol–water partition coefficient (Wildman–Crippen LogP) is 5.28. The van der Waals surface area contributed by atoms with Gasteiger partial charge < -0.3 is 9.88 Å². The molecule has 0 bridgehead atoms. The number of halogens is 2. The van der Waals surface area contributed by atoms with Gasteiger partial charge in [0.2, 0.25) is 0 Å². The van der Waals surface area contributed by atoms with E-state index >= 15 is 0 Å². The Morgan fingerprint density at radius 2 is 1.65 bits per heavy atom. The molecule has 1 heterocycles. The molecular formula is C16H14Br2N2. The highest BCUT2D eigenvalue weighted by atomic mass is 79.9. The second-order valence-electron chi connectivity index (χ2n) is 4.65. The summed E-state index contributed by atoms with van der Waals surface area (Å²) in [6.45, 7) is 1.84. The number of hydrogen-bond donors (Lipinski definition) is 1. The molecule has 0 aliphatic carbocycles. The van der Waals surface area contributed by atoms with Gasteiger partial charge in [-0.3, -0.25) is 0 Å². The number of nitrogens with zero attached hydrogens (tertiary/aromatic N) is 1. The van der Waals surface area contributed by atoms with Crippen LogP contribution in [0.3, 0.4) is 0 Å². The van der Waals surface area contributed by atoms with E-state index in [1.165, 1.54) is 10.9 Å². The zero-order valence-corrected chi connectivity index (χ0v) is 14.0. The van der Waals surface area contributed by atoms with Crippen molar-refractivity contribution in [3.05, 3.63) is 63.7 Å². The second-order valence-corrected chi connectivity index (χ2v) is 6.48. The molecule has 0 fully saturated rings. The summed E-state index contributed by atoms with van der Waals surface area (Å²) >= 11 is 6.97. The Kier molecular flexibility index (Phi) is 4.13. The lowest BCUT2D eigenvalue weighted by molar-refractivity contribution is 0.757. The van der Waals surface area contributed by atoms with Crippen molar-refractivity contribution in [3.8, 4) is 0 Å². The molecule has 0 radical (unpaired) electrons. The van der Waals surface area contributed by atoms with Gasteiger partial charge in [-0.05, 0) is 47.9 Å². The monoisotopic (exact) mass is 392 g/mol. The Morgan fingerprint density at radius 3 is 2.45 bits per heavy atom. The minimum absolute atomic E-state index is 0.901. The van der Waals surface area contributed by atoms with E-state index in [1.54, 1.807) is 0 Å². The maximum Gasteiger partial charge on any atom is 0.0492 e. The van der Waals surface area contributed by atoms with Crippen molar-refractivity contribution < 1.29 is 0 Å². The van der Waals surface area contributed by atoms with Crippen molar-refractivity contribution in [1.82, 2.24) is 4.57 Å². The van der Waals surface area contributed by atoms with Crippen LogP contribution in [0.5, 0.6) is 0 Å². The topological polar surface area (TPSA) is 17.0 Å². The van der Waals surface area contributed by atoms with Crippen molar-refractivity contribution in [2.45, 2.75) is 6.54 Å². The van der Waals surface area contributed by atoms with Gasteiger partial charge in [0.1, 0.15) is 0 Å². The Balaban J connectivity index is 1.68. The molecule has 2 aromatic carbocycles. The first-order chi connectivity index (χ1) is 9.72. The number of aromatic nitrogens is 1. The Labute approximate surface area is 135 Å². The normalized spacial score (nSPS) is 10.9. The Bertz CT molecular complexity index is 717. The van der Waals surface area contributed by atoms with Crippen LogP contribution in [0.1, 0.15) is 0 Å². The van der Waals surface area contributed by atoms with Gasteiger partial charge in [-0.25, -0.2) is 0 Å². The van der Waals surface area contributed by atoms with E-state index in [-0.39, 0.29) is 0 Å². The molecular weight excluding hydrogens is 380 g/mol. The lowest BCUT2D eigenvalue weighted by Crippen LogP contribution is -2.09. The summed E-state index contributed by atoms with van der Waals surface area (Å²) in [4.78, 5) is 0. The lowest BCUT2D eigenvalue weighted by Gasteiger charge is -2.09. The molecule has 3 aromatic rings. The molecule has 0 unspecified atom stereocenters. The molecule has 0 saturated heterocycles. The van der Waals surface area contributed by atoms with Crippen LogP contribution >= 0.6 is 31.9 Å². The van der Waals surface area contributed by atoms with Crippen molar-refractivity contribution in [2.24, 2.45) is 0 Å². The van der Waals surface area contributed by atoms with Crippen molar-refractivity contribution in [1.29, 1.82) is 0 Å². The third kappa shape index (κ3) is 3.07. The van der Waals surface area contributed by atoms with Crippen LogP contribution in [0.15, 0.2) is 63.7 Å². The number of hydrogen-bond acceptors (Lipinski definition) is 1. The number of benzene rings is 2. The zero-order chi connectivity index (χ0) is 13.9. The molecule has 4 heteroatoms. The quantitative estimate of drug-likeness (QED) is 0.638. The van der Waals surface area contributed by atoms with E-state index in [2.05, 4.69) is 84.3 Å². The molecule has 1 aromatic heterocycles. The molecule has 20 heavy (non-hydrogen) atoms. The second kappa shape index (κ2) is 6.02. The van der Waals surface area contributed by atoms with Gasteiger partial charge >= 0.3 is 0 Å². The molecule has 0 aliphatic heterocycles. The van der Waals surface area contributed by atoms with E-state index < -0.39 is 0 Å².